The van der Waals surface area contributed by atoms with E-state index in [4.69, 9.17) is 14.9 Å². The first kappa shape index (κ1) is 20.2. The number of piperidine rings is 1. The van der Waals surface area contributed by atoms with E-state index in [0.717, 1.165) is 25.9 Å². The van der Waals surface area contributed by atoms with Crippen LogP contribution in [0.15, 0.2) is 48.5 Å². The number of esters is 1. The van der Waals surface area contributed by atoms with Gasteiger partial charge in [0, 0.05) is 18.7 Å². The predicted octanol–water partition coefficient (Wildman–Crippen LogP) is 3.81. The monoisotopic (exact) mass is 368 g/mol. The number of hydrogen-bond donors (Lipinski definition) is 1. The quantitative estimate of drug-likeness (QED) is 0.506. The number of carbonyl (C=O) groups is 2. The molecule has 1 heterocycles. The second-order valence-electron chi connectivity index (χ2n) is 5.97. The fourth-order valence-electron chi connectivity index (χ4n) is 2.90. The zero-order chi connectivity index (χ0) is 19.6. The van der Waals surface area contributed by atoms with E-state index in [1.54, 1.807) is 42.5 Å². The highest BCUT2D eigenvalue weighted by Crippen LogP contribution is 2.29. The summed E-state index contributed by atoms with van der Waals surface area (Å²) >= 11 is 0. The molecule has 1 aliphatic heterocycles. The lowest BCUT2D eigenvalue weighted by atomic mass is 10.1. The first-order valence-corrected chi connectivity index (χ1v) is 8.79. The molecule has 2 aromatic rings. The van der Waals surface area contributed by atoms with Crippen LogP contribution in [0.1, 0.15) is 40.0 Å². The molecule has 6 nitrogen and oxygen atoms in total. The van der Waals surface area contributed by atoms with E-state index in [-0.39, 0.29) is 5.91 Å². The van der Waals surface area contributed by atoms with Gasteiger partial charge in [0.2, 0.25) is 0 Å². The van der Waals surface area contributed by atoms with Crippen LogP contribution in [0.5, 0.6) is 11.5 Å². The van der Waals surface area contributed by atoms with Crippen LogP contribution in [0.2, 0.25) is 0 Å². The zero-order valence-electron chi connectivity index (χ0n) is 15.4. The van der Waals surface area contributed by atoms with Crippen LogP contribution >= 0.6 is 0 Å². The van der Waals surface area contributed by atoms with Crippen molar-refractivity contribution in [1.29, 1.82) is 5.41 Å². The van der Waals surface area contributed by atoms with Gasteiger partial charge in [0.1, 0.15) is 0 Å². The normalized spacial score (nSPS) is 13.1. The SMILES string of the molecule is C=N.COc1cc(C(=O)N2CCCCC2)ccc1OC(=O)c1ccccc1. The number of amides is 1. The number of methoxy groups -OCH3 is 1. The number of likely N-dealkylation sites (tertiary alicyclic amines) is 1. The van der Waals surface area contributed by atoms with Crippen LogP contribution in [-0.2, 0) is 0 Å². The molecule has 0 radical (unpaired) electrons. The molecule has 3 rings (SSSR count). The van der Waals surface area contributed by atoms with Gasteiger partial charge in [-0.15, -0.1) is 0 Å². The largest absolute Gasteiger partial charge is 0.493 e. The summed E-state index contributed by atoms with van der Waals surface area (Å²) in [6, 6.07) is 13.7. The van der Waals surface area contributed by atoms with Gasteiger partial charge in [0.25, 0.3) is 5.91 Å². The topological polar surface area (TPSA) is 79.7 Å². The minimum atomic E-state index is -0.464. The average Bonchev–Trinajstić information content (AvgIpc) is 2.76. The number of hydrogen-bond acceptors (Lipinski definition) is 5. The standard InChI is InChI=1S/C20H21NO4.CH3N/c1-24-18-14-16(19(22)21-12-6-3-7-13-21)10-11-17(18)25-20(23)15-8-4-2-5-9-15;1-2/h2,4-5,8-11,14H,3,6-7,12-13H2,1H3;2H,1H2. The Morgan fingerprint density at radius 1 is 0.926 bits per heavy atom. The van der Waals surface area contributed by atoms with Gasteiger partial charge in [0.15, 0.2) is 11.5 Å². The van der Waals surface area contributed by atoms with E-state index in [2.05, 4.69) is 6.72 Å². The van der Waals surface area contributed by atoms with Crippen LogP contribution in [-0.4, -0.2) is 43.7 Å². The van der Waals surface area contributed by atoms with Crippen LogP contribution in [0.4, 0.5) is 0 Å². The van der Waals surface area contributed by atoms with Crippen LogP contribution in [0.3, 0.4) is 0 Å². The number of rotatable bonds is 4. The predicted molar refractivity (Wildman–Crippen MR) is 104 cm³/mol. The molecule has 0 unspecified atom stereocenters. The van der Waals surface area contributed by atoms with Crippen LogP contribution in [0, 0.1) is 5.41 Å². The van der Waals surface area contributed by atoms with Crippen molar-refractivity contribution >= 4 is 18.6 Å². The van der Waals surface area contributed by atoms with Gasteiger partial charge in [-0.05, 0) is 56.3 Å². The highest BCUT2D eigenvalue weighted by Gasteiger charge is 2.20. The third-order valence-corrected chi connectivity index (χ3v) is 4.27. The molecular weight excluding hydrogens is 344 g/mol. The molecule has 1 aliphatic rings. The maximum absolute atomic E-state index is 12.6. The molecule has 1 N–H and O–H groups in total. The molecule has 1 saturated heterocycles. The number of benzene rings is 2. The van der Waals surface area contributed by atoms with E-state index in [9.17, 15) is 9.59 Å². The maximum atomic E-state index is 12.6. The van der Waals surface area contributed by atoms with Crippen molar-refractivity contribution in [2.24, 2.45) is 0 Å². The molecule has 27 heavy (non-hydrogen) atoms. The van der Waals surface area contributed by atoms with Crippen LogP contribution in [0.25, 0.3) is 0 Å². The third-order valence-electron chi connectivity index (χ3n) is 4.27. The molecule has 142 valence electrons. The van der Waals surface area contributed by atoms with Gasteiger partial charge in [-0.3, -0.25) is 4.79 Å². The van der Waals surface area contributed by atoms with Gasteiger partial charge in [-0.25, -0.2) is 4.79 Å². The lowest BCUT2D eigenvalue weighted by Gasteiger charge is -2.27. The summed E-state index contributed by atoms with van der Waals surface area (Å²) in [5, 5.41) is 5.50. The Morgan fingerprint density at radius 2 is 1.59 bits per heavy atom. The Bertz CT molecular complexity index is 771. The van der Waals surface area contributed by atoms with E-state index >= 15 is 0 Å². The lowest BCUT2D eigenvalue weighted by molar-refractivity contribution is 0.0723. The number of carbonyl (C=O) groups excluding carboxylic acids is 2. The fraction of sp³-hybridized carbons (Fsp3) is 0.286. The second-order valence-corrected chi connectivity index (χ2v) is 5.97. The Morgan fingerprint density at radius 3 is 2.22 bits per heavy atom. The summed E-state index contributed by atoms with van der Waals surface area (Å²) in [6.07, 6.45) is 3.24. The van der Waals surface area contributed by atoms with Crippen molar-refractivity contribution in [2.45, 2.75) is 19.3 Å². The molecule has 0 atom stereocenters. The lowest BCUT2D eigenvalue weighted by Crippen LogP contribution is -2.35. The minimum absolute atomic E-state index is 0.0149. The number of nitrogens with zero attached hydrogens (tertiary/aromatic N) is 1. The molecule has 0 aromatic heterocycles. The highest BCUT2D eigenvalue weighted by molar-refractivity contribution is 5.95. The van der Waals surface area contributed by atoms with Crippen molar-refractivity contribution < 1.29 is 19.1 Å². The second kappa shape index (κ2) is 10.1. The molecule has 1 amide bonds. The maximum Gasteiger partial charge on any atom is 0.343 e. The summed E-state index contributed by atoms with van der Waals surface area (Å²) in [4.78, 5) is 26.6. The number of ether oxygens (including phenoxy) is 2. The summed E-state index contributed by atoms with van der Waals surface area (Å²) < 4.78 is 10.7. The van der Waals surface area contributed by atoms with Crippen molar-refractivity contribution in [3.05, 3.63) is 59.7 Å². The Labute approximate surface area is 159 Å². The van der Waals surface area contributed by atoms with Crippen molar-refractivity contribution in [3.8, 4) is 11.5 Å². The molecule has 0 saturated carbocycles. The highest BCUT2D eigenvalue weighted by atomic mass is 16.6. The molecule has 2 aromatic carbocycles. The molecule has 0 bridgehead atoms. The molecule has 6 heteroatoms. The van der Waals surface area contributed by atoms with E-state index in [1.165, 1.54) is 13.5 Å². The molecule has 1 fully saturated rings. The van der Waals surface area contributed by atoms with Crippen molar-refractivity contribution in [1.82, 2.24) is 4.90 Å². The van der Waals surface area contributed by atoms with Crippen molar-refractivity contribution in [3.63, 3.8) is 0 Å². The van der Waals surface area contributed by atoms with Gasteiger partial charge in [-0.1, -0.05) is 18.2 Å². The molecular formula is C21H24N2O4. The van der Waals surface area contributed by atoms with Gasteiger partial charge in [-0.2, -0.15) is 0 Å². The third kappa shape index (κ3) is 5.17. The van der Waals surface area contributed by atoms with Crippen molar-refractivity contribution in [2.75, 3.05) is 20.2 Å². The average molecular weight is 368 g/mol. The first-order valence-electron chi connectivity index (χ1n) is 8.79. The Hall–Kier alpha value is -3.15. The van der Waals surface area contributed by atoms with Gasteiger partial charge in [0.05, 0.1) is 12.7 Å². The van der Waals surface area contributed by atoms with Crippen LogP contribution < -0.4 is 9.47 Å². The van der Waals surface area contributed by atoms with E-state index < -0.39 is 5.97 Å². The summed E-state index contributed by atoms with van der Waals surface area (Å²) in [5.41, 5.74) is 0.997. The summed E-state index contributed by atoms with van der Waals surface area (Å²) in [7, 11) is 1.49. The smallest absolute Gasteiger partial charge is 0.343 e. The van der Waals surface area contributed by atoms with Gasteiger partial charge < -0.3 is 19.8 Å². The number of nitrogens with one attached hydrogen (secondary N) is 1. The molecule has 0 aliphatic carbocycles. The summed E-state index contributed by atoms with van der Waals surface area (Å²) in [6.45, 7) is 4.07. The zero-order valence-corrected chi connectivity index (χ0v) is 15.4. The fourth-order valence-corrected chi connectivity index (χ4v) is 2.90. The Balaban J connectivity index is 0.00000126. The summed E-state index contributed by atoms with van der Waals surface area (Å²) in [5.74, 6) is 0.187. The van der Waals surface area contributed by atoms with Gasteiger partial charge >= 0.3 is 5.97 Å². The minimum Gasteiger partial charge on any atom is -0.493 e. The first-order chi connectivity index (χ1) is 13.2. The van der Waals surface area contributed by atoms with E-state index in [1.807, 2.05) is 11.0 Å². The Kier molecular flexibility index (Phi) is 7.55. The molecule has 0 spiro atoms. The van der Waals surface area contributed by atoms with E-state index in [0.29, 0.717) is 22.6 Å².